The summed E-state index contributed by atoms with van der Waals surface area (Å²) in [7, 11) is -3.90. The summed E-state index contributed by atoms with van der Waals surface area (Å²) in [6.45, 7) is 1.11. The molecule has 1 atom stereocenters. The SMILES string of the molecule is C[C@H](C(=O)NC1CCCCC1)N(Cc1ccccc1Cl)C(=O)CN(c1ccc(Cl)cc1Cl)S(C)(=O)=O. The lowest BCUT2D eigenvalue weighted by atomic mass is 9.95. The molecule has 0 saturated heterocycles. The van der Waals surface area contributed by atoms with Crippen molar-refractivity contribution in [1.29, 1.82) is 0 Å². The summed E-state index contributed by atoms with van der Waals surface area (Å²) in [6.07, 6.45) is 6.03. The van der Waals surface area contributed by atoms with Crippen LogP contribution in [0.5, 0.6) is 0 Å². The minimum atomic E-state index is -3.90. The molecule has 1 aliphatic rings. The highest BCUT2D eigenvalue weighted by atomic mass is 35.5. The highest BCUT2D eigenvalue weighted by Gasteiger charge is 2.32. The van der Waals surface area contributed by atoms with Gasteiger partial charge in [-0.2, -0.15) is 0 Å². The van der Waals surface area contributed by atoms with Crippen molar-refractivity contribution in [3.8, 4) is 0 Å². The van der Waals surface area contributed by atoms with E-state index in [1.807, 2.05) is 0 Å². The van der Waals surface area contributed by atoms with Gasteiger partial charge in [0.25, 0.3) is 0 Å². The molecule has 7 nitrogen and oxygen atoms in total. The van der Waals surface area contributed by atoms with Crippen LogP contribution in [-0.2, 0) is 26.2 Å². The summed E-state index contributed by atoms with van der Waals surface area (Å²) < 4.78 is 26.3. The normalized spacial score (nSPS) is 15.2. The van der Waals surface area contributed by atoms with E-state index in [9.17, 15) is 18.0 Å². The summed E-state index contributed by atoms with van der Waals surface area (Å²) in [5.74, 6) is -0.865. The zero-order valence-corrected chi connectivity index (χ0v) is 23.3. The number of benzene rings is 2. The molecule has 1 aliphatic carbocycles. The molecule has 0 unspecified atom stereocenters. The third kappa shape index (κ3) is 7.51. The number of halogens is 3. The van der Waals surface area contributed by atoms with Crippen molar-refractivity contribution in [3.63, 3.8) is 0 Å². The Kier molecular flexibility index (Phi) is 9.92. The number of carbonyl (C=O) groups is 2. The molecule has 36 heavy (non-hydrogen) atoms. The summed E-state index contributed by atoms with van der Waals surface area (Å²) in [4.78, 5) is 28.2. The Morgan fingerprint density at radius 2 is 1.69 bits per heavy atom. The number of carbonyl (C=O) groups excluding carboxylic acids is 2. The molecule has 1 N–H and O–H groups in total. The fraction of sp³-hybridized carbons (Fsp3) is 0.440. The molecule has 0 spiro atoms. The molecule has 0 bridgehead atoms. The van der Waals surface area contributed by atoms with Crippen LogP contribution in [0.15, 0.2) is 42.5 Å². The molecule has 3 rings (SSSR count). The van der Waals surface area contributed by atoms with Crippen LogP contribution in [0.3, 0.4) is 0 Å². The van der Waals surface area contributed by atoms with Gasteiger partial charge in [-0.25, -0.2) is 8.42 Å². The quantitative estimate of drug-likeness (QED) is 0.442. The lowest BCUT2D eigenvalue weighted by Crippen LogP contribution is -2.53. The van der Waals surface area contributed by atoms with Crippen molar-refractivity contribution >= 4 is 62.3 Å². The molecule has 1 fully saturated rings. The predicted octanol–water partition coefficient (Wildman–Crippen LogP) is 5.28. The molecule has 2 aromatic carbocycles. The van der Waals surface area contributed by atoms with Gasteiger partial charge in [0.1, 0.15) is 12.6 Å². The van der Waals surface area contributed by atoms with Crippen LogP contribution in [0.2, 0.25) is 15.1 Å². The Morgan fingerprint density at radius 3 is 2.31 bits per heavy atom. The molecule has 0 heterocycles. The molecular formula is C25H30Cl3N3O4S. The number of sulfonamides is 1. The van der Waals surface area contributed by atoms with E-state index in [4.69, 9.17) is 34.8 Å². The molecule has 1 saturated carbocycles. The lowest BCUT2D eigenvalue weighted by molar-refractivity contribution is -0.139. The maximum absolute atomic E-state index is 13.6. The largest absolute Gasteiger partial charge is 0.352 e. The van der Waals surface area contributed by atoms with E-state index in [2.05, 4.69) is 5.32 Å². The van der Waals surface area contributed by atoms with Gasteiger partial charge >= 0.3 is 0 Å². The fourth-order valence-corrected chi connectivity index (χ4v) is 5.86. The number of rotatable bonds is 9. The highest BCUT2D eigenvalue weighted by Crippen LogP contribution is 2.31. The molecular weight excluding hydrogens is 545 g/mol. The van der Waals surface area contributed by atoms with E-state index in [0.717, 1.165) is 42.7 Å². The standard InChI is InChI=1S/C25H30Cl3N3O4S/c1-17(25(33)29-20-9-4-3-5-10-20)30(15-18-8-6-7-11-21(18)27)24(32)16-31(36(2,34)35)23-13-12-19(26)14-22(23)28/h6-8,11-14,17,20H,3-5,9-10,15-16H2,1-2H3,(H,29,33)/t17-/m1/s1. The maximum atomic E-state index is 13.6. The van der Waals surface area contributed by atoms with E-state index >= 15 is 0 Å². The van der Waals surface area contributed by atoms with Gasteiger partial charge in [0.15, 0.2) is 0 Å². The second-order valence-electron chi connectivity index (χ2n) is 9.00. The minimum absolute atomic E-state index is 0.0315. The molecule has 2 aromatic rings. The lowest BCUT2D eigenvalue weighted by Gasteiger charge is -2.33. The zero-order valence-electron chi connectivity index (χ0n) is 20.2. The van der Waals surface area contributed by atoms with Gasteiger partial charge in [-0.3, -0.25) is 13.9 Å². The van der Waals surface area contributed by atoms with Crippen LogP contribution in [0.1, 0.15) is 44.6 Å². The third-order valence-electron chi connectivity index (χ3n) is 6.27. The van der Waals surface area contributed by atoms with Gasteiger partial charge in [-0.1, -0.05) is 72.3 Å². The summed E-state index contributed by atoms with van der Waals surface area (Å²) in [6, 6.07) is 10.6. The van der Waals surface area contributed by atoms with Crippen molar-refractivity contribution in [1.82, 2.24) is 10.2 Å². The van der Waals surface area contributed by atoms with E-state index in [1.54, 1.807) is 31.2 Å². The highest BCUT2D eigenvalue weighted by molar-refractivity contribution is 7.92. The second kappa shape index (κ2) is 12.5. The Hall–Kier alpha value is -2.00. The number of amides is 2. The Morgan fingerprint density at radius 1 is 1.03 bits per heavy atom. The van der Waals surface area contributed by atoms with Gasteiger partial charge in [0.05, 0.1) is 17.0 Å². The summed E-state index contributed by atoms with van der Waals surface area (Å²) in [5, 5.41) is 3.91. The van der Waals surface area contributed by atoms with Gasteiger partial charge < -0.3 is 10.2 Å². The minimum Gasteiger partial charge on any atom is -0.352 e. The van der Waals surface area contributed by atoms with E-state index in [0.29, 0.717) is 15.6 Å². The molecule has 0 aromatic heterocycles. The maximum Gasteiger partial charge on any atom is 0.244 e. The topological polar surface area (TPSA) is 86.8 Å². The average Bonchev–Trinajstić information content (AvgIpc) is 2.82. The first-order valence-electron chi connectivity index (χ1n) is 11.7. The van der Waals surface area contributed by atoms with Crippen LogP contribution >= 0.6 is 34.8 Å². The first kappa shape index (κ1) is 28.6. The van der Waals surface area contributed by atoms with Crippen molar-refractivity contribution < 1.29 is 18.0 Å². The number of hydrogen-bond donors (Lipinski definition) is 1. The van der Waals surface area contributed by atoms with Crippen LogP contribution < -0.4 is 9.62 Å². The van der Waals surface area contributed by atoms with E-state index < -0.39 is 28.5 Å². The molecule has 0 radical (unpaired) electrons. The van der Waals surface area contributed by atoms with Gasteiger partial charge in [-0.15, -0.1) is 0 Å². The van der Waals surface area contributed by atoms with Crippen molar-refractivity contribution in [2.45, 2.75) is 57.7 Å². The number of nitrogens with zero attached hydrogens (tertiary/aromatic N) is 2. The van der Waals surface area contributed by atoms with Crippen LogP contribution in [0, 0.1) is 0 Å². The molecule has 0 aliphatic heterocycles. The number of nitrogens with one attached hydrogen (secondary N) is 1. The van der Waals surface area contributed by atoms with Crippen LogP contribution in [-0.4, -0.2) is 50.0 Å². The van der Waals surface area contributed by atoms with Gasteiger partial charge in [-0.05, 0) is 49.6 Å². The first-order valence-corrected chi connectivity index (χ1v) is 14.7. The average molecular weight is 575 g/mol. The van der Waals surface area contributed by atoms with Gasteiger partial charge in [0, 0.05) is 22.6 Å². The fourth-order valence-electron chi connectivity index (χ4n) is 4.24. The second-order valence-corrected chi connectivity index (χ2v) is 12.2. The van der Waals surface area contributed by atoms with Crippen LogP contribution in [0.4, 0.5) is 5.69 Å². The Balaban J connectivity index is 1.90. The number of hydrogen-bond acceptors (Lipinski definition) is 4. The van der Waals surface area contributed by atoms with Gasteiger partial charge in [0.2, 0.25) is 21.8 Å². The molecule has 196 valence electrons. The Labute approximate surface area is 227 Å². The molecule has 11 heteroatoms. The predicted molar refractivity (Wildman–Crippen MR) is 145 cm³/mol. The number of anilines is 1. The monoisotopic (exact) mass is 573 g/mol. The summed E-state index contributed by atoms with van der Waals surface area (Å²) in [5.41, 5.74) is 0.759. The summed E-state index contributed by atoms with van der Waals surface area (Å²) >= 11 is 18.6. The van der Waals surface area contributed by atoms with E-state index in [-0.39, 0.29) is 29.2 Å². The van der Waals surface area contributed by atoms with E-state index in [1.165, 1.54) is 23.1 Å². The zero-order chi connectivity index (χ0) is 26.5. The van der Waals surface area contributed by atoms with Crippen molar-refractivity contribution in [3.05, 3.63) is 63.1 Å². The smallest absolute Gasteiger partial charge is 0.244 e. The van der Waals surface area contributed by atoms with Crippen molar-refractivity contribution in [2.75, 3.05) is 17.1 Å². The Bertz CT molecular complexity index is 1200. The third-order valence-corrected chi connectivity index (χ3v) is 8.31. The first-order chi connectivity index (χ1) is 17.0. The molecule has 2 amide bonds. The van der Waals surface area contributed by atoms with Crippen LogP contribution in [0.25, 0.3) is 0 Å². The van der Waals surface area contributed by atoms with Crippen molar-refractivity contribution in [2.24, 2.45) is 0 Å².